The zero-order chi connectivity index (χ0) is 11.4. The molecule has 0 saturated heterocycles. The van der Waals surface area contributed by atoms with E-state index in [0.29, 0.717) is 6.54 Å². The van der Waals surface area contributed by atoms with Gasteiger partial charge in [0.1, 0.15) is 0 Å². The Bertz CT molecular complexity index is 447. The van der Waals surface area contributed by atoms with Crippen LogP contribution in [0.25, 0.3) is 5.69 Å². The minimum absolute atomic E-state index is 0.542. The fourth-order valence-corrected chi connectivity index (χ4v) is 1.79. The molecule has 0 spiro atoms. The highest BCUT2D eigenvalue weighted by Crippen LogP contribution is 2.15. The molecule has 0 fully saturated rings. The number of aromatic nitrogens is 3. The molecule has 16 heavy (non-hydrogen) atoms. The molecule has 0 aliphatic carbocycles. The van der Waals surface area contributed by atoms with Crippen molar-refractivity contribution < 1.29 is 0 Å². The first-order chi connectivity index (χ1) is 7.86. The van der Waals surface area contributed by atoms with Crippen molar-refractivity contribution in [3.63, 3.8) is 0 Å². The van der Waals surface area contributed by atoms with E-state index in [2.05, 4.69) is 17.0 Å². The third kappa shape index (κ3) is 1.97. The largest absolute Gasteiger partial charge is 0.326 e. The average molecular weight is 216 g/mol. The van der Waals surface area contributed by atoms with Gasteiger partial charge in [0.15, 0.2) is 0 Å². The maximum absolute atomic E-state index is 5.71. The molecule has 2 N–H and O–H groups in total. The Morgan fingerprint density at radius 3 is 2.69 bits per heavy atom. The molecule has 0 atom stereocenters. The van der Waals surface area contributed by atoms with Gasteiger partial charge in [0.25, 0.3) is 0 Å². The molecule has 0 bridgehead atoms. The van der Waals surface area contributed by atoms with Crippen molar-refractivity contribution in [3.05, 3.63) is 42.0 Å². The Labute approximate surface area is 95.1 Å². The van der Waals surface area contributed by atoms with Crippen molar-refractivity contribution in [1.82, 2.24) is 14.8 Å². The lowest BCUT2D eigenvalue weighted by atomic mass is 10.1. The summed E-state index contributed by atoms with van der Waals surface area (Å²) < 4.78 is 1.95. The van der Waals surface area contributed by atoms with Gasteiger partial charge < -0.3 is 5.73 Å². The number of hydrogen-bond donors (Lipinski definition) is 1. The Balaban J connectivity index is 2.44. The van der Waals surface area contributed by atoms with E-state index < -0.39 is 0 Å². The van der Waals surface area contributed by atoms with Crippen LogP contribution in [0.3, 0.4) is 0 Å². The summed E-state index contributed by atoms with van der Waals surface area (Å²) in [7, 11) is 0. The highest BCUT2D eigenvalue weighted by molar-refractivity contribution is 5.33. The molecular formula is C12H16N4. The predicted octanol–water partition coefficient (Wildman–Crippen LogP) is 1.68. The Morgan fingerprint density at radius 1 is 1.31 bits per heavy atom. The molecule has 0 radical (unpaired) electrons. The summed E-state index contributed by atoms with van der Waals surface area (Å²) in [5.41, 5.74) is 9.08. The molecule has 84 valence electrons. The molecular weight excluding hydrogens is 200 g/mol. The smallest absolute Gasteiger partial charge is 0.0679 e. The zero-order valence-electron chi connectivity index (χ0n) is 9.43. The minimum Gasteiger partial charge on any atom is -0.326 e. The lowest BCUT2D eigenvalue weighted by Gasteiger charge is -2.07. The third-order valence-corrected chi connectivity index (χ3v) is 2.57. The molecule has 4 nitrogen and oxygen atoms in total. The zero-order valence-corrected chi connectivity index (χ0v) is 9.43. The third-order valence-electron chi connectivity index (χ3n) is 2.57. The number of rotatable bonds is 4. The van der Waals surface area contributed by atoms with Crippen molar-refractivity contribution in [1.29, 1.82) is 0 Å². The molecule has 0 saturated carbocycles. The fraction of sp³-hybridized carbons (Fsp3) is 0.333. The number of nitrogens with zero attached hydrogens (tertiary/aromatic N) is 3. The number of hydrogen-bond acceptors (Lipinski definition) is 3. The van der Waals surface area contributed by atoms with Crippen LogP contribution in [0.15, 0.2) is 30.7 Å². The summed E-state index contributed by atoms with van der Waals surface area (Å²) in [4.78, 5) is 4.01. The van der Waals surface area contributed by atoms with Crippen LogP contribution in [0.1, 0.15) is 24.6 Å². The van der Waals surface area contributed by atoms with Gasteiger partial charge in [-0.2, -0.15) is 5.10 Å². The van der Waals surface area contributed by atoms with Crippen LogP contribution in [0.4, 0.5) is 0 Å². The van der Waals surface area contributed by atoms with Crippen molar-refractivity contribution in [2.45, 2.75) is 26.3 Å². The molecule has 0 unspecified atom stereocenters. The Kier molecular flexibility index (Phi) is 3.31. The quantitative estimate of drug-likeness (QED) is 0.846. The second-order valence-corrected chi connectivity index (χ2v) is 3.69. The van der Waals surface area contributed by atoms with Gasteiger partial charge in [-0.05, 0) is 18.6 Å². The van der Waals surface area contributed by atoms with E-state index in [4.69, 9.17) is 5.73 Å². The Morgan fingerprint density at radius 2 is 2.06 bits per heavy atom. The second kappa shape index (κ2) is 4.90. The highest BCUT2D eigenvalue weighted by atomic mass is 15.3. The van der Waals surface area contributed by atoms with Crippen LogP contribution in [0.2, 0.25) is 0 Å². The van der Waals surface area contributed by atoms with Crippen LogP contribution in [0.5, 0.6) is 0 Å². The van der Waals surface area contributed by atoms with Gasteiger partial charge in [-0.15, -0.1) is 0 Å². The summed E-state index contributed by atoms with van der Waals surface area (Å²) in [6, 6.07) is 3.90. The molecule has 0 aromatic carbocycles. The van der Waals surface area contributed by atoms with Gasteiger partial charge >= 0.3 is 0 Å². The normalized spacial score (nSPS) is 10.6. The lowest BCUT2D eigenvalue weighted by molar-refractivity contribution is 0.766. The van der Waals surface area contributed by atoms with Gasteiger partial charge in [-0.1, -0.05) is 13.3 Å². The van der Waals surface area contributed by atoms with Gasteiger partial charge in [-0.3, -0.25) is 4.98 Å². The maximum Gasteiger partial charge on any atom is 0.0679 e. The molecule has 2 rings (SSSR count). The lowest BCUT2D eigenvalue weighted by Crippen LogP contribution is -2.05. The summed E-state index contributed by atoms with van der Waals surface area (Å²) in [5, 5.41) is 4.38. The van der Waals surface area contributed by atoms with Gasteiger partial charge in [0.05, 0.1) is 11.9 Å². The molecule has 2 aromatic rings. The van der Waals surface area contributed by atoms with Gasteiger partial charge in [0.2, 0.25) is 0 Å². The molecule has 2 heterocycles. The maximum atomic E-state index is 5.71. The molecule has 0 aliphatic heterocycles. The van der Waals surface area contributed by atoms with Crippen molar-refractivity contribution in [2.75, 3.05) is 0 Å². The predicted molar refractivity (Wildman–Crippen MR) is 63.2 cm³/mol. The van der Waals surface area contributed by atoms with Gasteiger partial charge in [0, 0.05) is 30.2 Å². The molecule has 0 aliphatic rings. The average Bonchev–Trinajstić information content (AvgIpc) is 2.74. The van der Waals surface area contributed by atoms with Crippen molar-refractivity contribution in [3.8, 4) is 5.69 Å². The number of nitrogens with two attached hydrogens (primary N) is 1. The van der Waals surface area contributed by atoms with E-state index in [0.717, 1.165) is 24.1 Å². The van der Waals surface area contributed by atoms with E-state index in [1.165, 1.54) is 5.69 Å². The topological polar surface area (TPSA) is 56.7 Å². The standard InChI is InChI=1S/C12H16N4/c1-2-3-12-10(8-13)9-15-16(12)11-4-6-14-7-5-11/h4-7,9H,2-3,8,13H2,1H3. The van der Waals surface area contributed by atoms with Crippen LogP contribution in [0, 0.1) is 0 Å². The summed E-state index contributed by atoms with van der Waals surface area (Å²) >= 11 is 0. The first-order valence-corrected chi connectivity index (χ1v) is 5.53. The first-order valence-electron chi connectivity index (χ1n) is 5.53. The Hall–Kier alpha value is -1.68. The van der Waals surface area contributed by atoms with Gasteiger partial charge in [-0.25, -0.2) is 4.68 Å². The van der Waals surface area contributed by atoms with Crippen molar-refractivity contribution >= 4 is 0 Å². The summed E-state index contributed by atoms with van der Waals surface area (Å²) in [6.45, 7) is 2.70. The molecule has 4 heteroatoms. The van der Waals surface area contributed by atoms with Crippen LogP contribution < -0.4 is 5.73 Å². The number of pyridine rings is 1. The van der Waals surface area contributed by atoms with E-state index in [9.17, 15) is 0 Å². The van der Waals surface area contributed by atoms with Crippen LogP contribution in [-0.4, -0.2) is 14.8 Å². The first kappa shape index (κ1) is 10.8. The summed E-state index contributed by atoms with van der Waals surface area (Å²) in [5.74, 6) is 0. The SMILES string of the molecule is CCCc1c(CN)cnn1-c1ccncc1. The van der Waals surface area contributed by atoms with Crippen molar-refractivity contribution in [2.24, 2.45) is 5.73 Å². The van der Waals surface area contributed by atoms with E-state index in [1.807, 2.05) is 23.0 Å². The molecule has 0 amide bonds. The van der Waals surface area contributed by atoms with Crippen LogP contribution in [-0.2, 0) is 13.0 Å². The van der Waals surface area contributed by atoms with Crippen LogP contribution >= 0.6 is 0 Å². The summed E-state index contributed by atoms with van der Waals surface area (Å²) in [6.07, 6.45) is 7.48. The van der Waals surface area contributed by atoms with E-state index in [1.54, 1.807) is 12.4 Å². The van der Waals surface area contributed by atoms with E-state index >= 15 is 0 Å². The minimum atomic E-state index is 0.542. The molecule has 2 aromatic heterocycles. The van der Waals surface area contributed by atoms with E-state index in [-0.39, 0.29) is 0 Å². The monoisotopic (exact) mass is 216 g/mol. The second-order valence-electron chi connectivity index (χ2n) is 3.69. The fourth-order valence-electron chi connectivity index (χ4n) is 1.79. The highest BCUT2D eigenvalue weighted by Gasteiger charge is 2.09.